The van der Waals surface area contributed by atoms with Crippen LogP contribution in [0.3, 0.4) is 0 Å². The number of hydrogen-bond donors (Lipinski definition) is 1. The minimum Gasteiger partial charge on any atom is -0.496 e. The Morgan fingerprint density at radius 3 is 2.76 bits per heavy atom. The summed E-state index contributed by atoms with van der Waals surface area (Å²) in [5, 5.41) is 3.68. The Morgan fingerprint density at radius 1 is 1.33 bits per heavy atom. The van der Waals surface area contributed by atoms with E-state index in [2.05, 4.69) is 33.0 Å². The van der Waals surface area contributed by atoms with E-state index in [0.717, 1.165) is 30.2 Å². The lowest BCUT2D eigenvalue weighted by Crippen LogP contribution is -2.41. The molecule has 3 unspecified atom stereocenters. The first kappa shape index (κ1) is 16.3. The number of rotatable bonds is 5. The SMILES string of the molecule is CCNC1CCC(C)CC1Cc1ncc(C)c(OC)c1C. The van der Waals surface area contributed by atoms with E-state index >= 15 is 0 Å². The van der Waals surface area contributed by atoms with Gasteiger partial charge in [0.2, 0.25) is 0 Å². The molecule has 0 radical (unpaired) electrons. The molecule has 3 atom stereocenters. The van der Waals surface area contributed by atoms with Crippen LogP contribution in [-0.4, -0.2) is 24.7 Å². The Labute approximate surface area is 129 Å². The van der Waals surface area contributed by atoms with Crippen LogP contribution in [0.25, 0.3) is 0 Å². The Bertz CT molecular complexity index is 473. The summed E-state index contributed by atoms with van der Waals surface area (Å²) in [4.78, 5) is 4.69. The van der Waals surface area contributed by atoms with Crippen molar-refractivity contribution in [3.63, 3.8) is 0 Å². The molecule has 0 bridgehead atoms. The second-order valence-electron chi connectivity index (χ2n) is 6.59. The second-order valence-corrected chi connectivity index (χ2v) is 6.59. The zero-order chi connectivity index (χ0) is 15.4. The van der Waals surface area contributed by atoms with Gasteiger partial charge >= 0.3 is 0 Å². The van der Waals surface area contributed by atoms with E-state index < -0.39 is 0 Å². The van der Waals surface area contributed by atoms with Crippen molar-refractivity contribution in [1.82, 2.24) is 10.3 Å². The van der Waals surface area contributed by atoms with Crippen LogP contribution in [0.1, 0.15) is 49.9 Å². The minimum atomic E-state index is 0.639. The molecule has 1 saturated carbocycles. The first-order valence-corrected chi connectivity index (χ1v) is 8.29. The van der Waals surface area contributed by atoms with Gasteiger partial charge in [0.1, 0.15) is 5.75 Å². The molecule has 0 saturated heterocycles. The van der Waals surface area contributed by atoms with E-state index in [-0.39, 0.29) is 0 Å². The van der Waals surface area contributed by atoms with Crippen molar-refractivity contribution < 1.29 is 4.74 Å². The molecule has 1 aromatic heterocycles. The Hall–Kier alpha value is -1.09. The summed E-state index contributed by atoms with van der Waals surface area (Å²) in [6, 6.07) is 0.639. The van der Waals surface area contributed by atoms with Gasteiger partial charge in [0.25, 0.3) is 0 Å². The number of aromatic nitrogens is 1. The molecule has 1 fully saturated rings. The second kappa shape index (κ2) is 7.26. The summed E-state index contributed by atoms with van der Waals surface area (Å²) in [5.41, 5.74) is 3.55. The number of nitrogens with one attached hydrogen (secondary N) is 1. The predicted octanol–water partition coefficient (Wildman–Crippen LogP) is 3.66. The average Bonchev–Trinajstić information content (AvgIpc) is 2.45. The van der Waals surface area contributed by atoms with E-state index in [0.29, 0.717) is 12.0 Å². The van der Waals surface area contributed by atoms with Crippen LogP contribution >= 0.6 is 0 Å². The van der Waals surface area contributed by atoms with Crippen LogP contribution < -0.4 is 10.1 Å². The highest BCUT2D eigenvalue weighted by Gasteiger charge is 2.29. The number of pyridine rings is 1. The molecule has 1 aliphatic rings. The van der Waals surface area contributed by atoms with Crippen LogP contribution in [-0.2, 0) is 6.42 Å². The maximum absolute atomic E-state index is 5.55. The fourth-order valence-corrected chi connectivity index (χ4v) is 3.78. The zero-order valence-corrected chi connectivity index (χ0v) is 14.2. The highest BCUT2D eigenvalue weighted by atomic mass is 16.5. The third-order valence-electron chi connectivity index (χ3n) is 4.92. The largest absolute Gasteiger partial charge is 0.496 e. The number of methoxy groups -OCH3 is 1. The van der Waals surface area contributed by atoms with Gasteiger partial charge in [-0.2, -0.15) is 0 Å². The van der Waals surface area contributed by atoms with E-state index in [1.165, 1.54) is 30.5 Å². The maximum atomic E-state index is 5.55. The summed E-state index contributed by atoms with van der Waals surface area (Å²) >= 11 is 0. The summed E-state index contributed by atoms with van der Waals surface area (Å²) in [5.74, 6) is 2.52. The van der Waals surface area contributed by atoms with Gasteiger partial charge in [-0.3, -0.25) is 4.98 Å². The molecule has 3 heteroatoms. The van der Waals surface area contributed by atoms with Gasteiger partial charge in [0.15, 0.2) is 0 Å². The van der Waals surface area contributed by atoms with Gasteiger partial charge in [0.05, 0.1) is 7.11 Å². The first-order chi connectivity index (χ1) is 10.1. The van der Waals surface area contributed by atoms with Crippen LogP contribution in [0.2, 0.25) is 0 Å². The molecule has 1 heterocycles. The van der Waals surface area contributed by atoms with Gasteiger partial charge in [-0.1, -0.05) is 13.8 Å². The molecular formula is C18H30N2O. The molecule has 21 heavy (non-hydrogen) atoms. The molecule has 0 aliphatic heterocycles. The average molecular weight is 290 g/mol. The Balaban J connectivity index is 2.18. The fourth-order valence-electron chi connectivity index (χ4n) is 3.78. The highest BCUT2D eigenvalue weighted by Crippen LogP contribution is 2.33. The minimum absolute atomic E-state index is 0.639. The monoisotopic (exact) mass is 290 g/mol. The predicted molar refractivity (Wildman–Crippen MR) is 87.9 cm³/mol. The summed E-state index contributed by atoms with van der Waals surface area (Å²) < 4.78 is 5.55. The first-order valence-electron chi connectivity index (χ1n) is 8.29. The van der Waals surface area contributed by atoms with Gasteiger partial charge in [-0.15, -0.1) is 0 Å². The van der Waals surface area contributed by atoms with Crippen LogP contribution in [0.4, 0.5) is 0 Å². The van der Waals surface area contributed by atoms with Crippen LogP contribution in [0.5, 0.6) is 5.75 Å². The number of aryl methyl sites for hydroxylation is 1. The molecule has 0 spiro atoms. The summed E-state index contributed by atoms with van der Waals surface area (Å²) in [6.07, 6.45) is 6.95. The van der Waals surface area contributed by atoms with Crippen LogP contribution in [0.15, 0.2) is 6.20 Å². The fraction of sp³-hybridized carbons (Fsp3) is 0.722. The number of ether oxygens (including phenoxy) is 1. The third kappa shape index (κ3) is 3.76. The van der Waals surface area contributed by atoms with Crippen LogP contribution in [0, 0.1) is 25.7 Å². The van der Waals surface area contributed by atoms with E-state index in [9.17, 15) is 0 Å². The van der Waals surface area contributed by atoms with Gasteiger partial charge in [0, 0.05) is 29.1 Å². The Morgan fingerprint density at radius 2 is 2.10 bits per heavy atom. The lowest BCUT2D eigenvalue weighted by Gasteiger charge is -2.35. The van der Waals surface area contributed by atoms with Crippen molar-refractivity contribution in [2.75, 3.05) is 13.7 Å². The van der Waals surface area contributed by atoms with Crippen molar-refractivity contribution in [2.24, 2.45) is 11.8 Å². The summed E-state index contributed by atoms with van der Waals surface area (Å²) in [7, 11) is 1.75. The topological polar surface area (TPSA) is 34.2 Å². The van der Waals surface area contributed by atoms with Gasteiger partial charge in [-0.25, -0.2) is 0 Å². The van der Waals surface area contributed by atoms with E-state index in [1.54, 1.807) is 7.11 Å². The normalized spacial score (nSPS) is 25.9. The lowest BCUT2D eigenvalue weighted by atomic mass is 9.76. The summed E-state index contributed by atoms with van der Waals surface area (Å²) in [6.45, 7) is 9.84. The van der Waals surface area contributed by atoms with Crippen molar-refractivity contribution in [3.8, 4) is 5.75 Å². The van der Waals surface area contributed by atoms with E-state index in [1.807, 2.05) is 6.20 Å². The van der Waals surface area contributed by atoms with Crippen molar-refractivity contribution >= 4 is 0 Å². The third-order valence-corrected chi connectivity index (χ3v) is 4.92. The molecule has 0 amide bonds. The molecular weight excluding hydrogens is 260 g/mol. The van der Waals surface area contributed by atoms with Crippen molar-refractivity contribution in [3.05, 3.63) is 23.0 Å². The number of hydrogen-bond acceptors (Lipinski definition) is 3. The smallest absolute Gasteiger partial charge is 0.128 e. The van der Waals surface area contributed by atoms with Gasteiger partial charge < -0.3 is 10.1 Å². The van der Waals surface area contributed by atoms with E-state index in [4.69, 9.17) is 9.72 Å². The van der Waals surface area contributed by atoms with Crippen molar-refractivity contribution in [2.45, 2.75) is 59.4 Å². The number of nitrogens with zero attached hydrogens (tertiary/aromatic N) is 1. The standard InChI is InChI=1S/C18H30N2O/c1-6-19-16-8-7-12(2)9-15(16)10-17-14(4)18(21-5)13(3)11-20-17/h11-12,15-16,19H,6-10H2,1-5H3. The molecule has 1 aliphatic carbocycles. The molecule has 118 valence electrons. The molecule has 1 N–H and O–H groups in total. The maximum Gasteiger partial charge on any atom is 0.128 e. The molecule has 0 aromatic carbocycles. The highest BCUT2D eigenvalue weighted by molar-refractivity contribution is 5.41. The molecule has 1 aromatic rings. The Kier molecular flexibility index (Phi) is 5.63. The lowest BCUT2D eigenvalue weighted by molar-refractivity contribution is 0.212. The zero-order valence-electron chi connectivity index (χ0n) is 14.2. The quantitative estimate of drug-likeness (QED) is 0.898. The van der Waals surface area contributed by atoms with Crippen molar-refractivity contribution in [1.29, 1.82) is 0 Å². The molecule has 2 rings (SSSR count). The molecule has 3 nitrogen and oxygen atoms in total. The van der Waals surface area contributed by atoms with Gasteiger partial charge in [-0.05, 0) is 57.9 Å².